The van der Waals surface area contributed by atoms with Gasteiger partial charge in [-0.3, -0.25) is 9.69 Å². The van der Waals surface area contributed by atoms with Crippen LogP contribution in [0, 0.1) is 5.92 Å². The Balaban J connectivity index is 2.50. The fourth-order valence-electron chi connectivity index (χ4n) is 2.93. The molecule has 1 aliphatic carbocycles. The predicted molar refractivity (Wildman–Crippen MR) is 73.3 cm³/mol. The lowest BCUT2D eigenvalue weighted by Crippen LogP contribution is -2.47. The van der Waals surface area contributed by atoms with Gasteiger partial charge in [0.1, 0.15) is 0 Å². The first-order valence-corrected chi connectivity index (χ1v) is 7.17. The first kappa shape index (κ1) is 15.4. The zero-order valence-corrected chi connectivity index (χ0v) is 12.0. The van der Waals surface area contributed by atoms with Crippen LogP contribution in [0.3, 0.4) is 0 Å². The average Bonchev–Trinajstić information content (AvgIpc) is 2.38. The molecule has 1 saturated carbocycles. The second-order valence-corrected chi connectivity index (χ2v) is 5.37. The molecule has 4 nitrogen and oxygen atoms in total. The lowest BCUT2D eigenvalue weighted by Gasteiger charge is -2.40. The number of hydrogen-bond donors (Lipinski definition) is 1. The Hall–Kier alpha value is -0.610. The molecule has 3 atom stereocenters. The van der Waals surface area contributed by atoms with Crippen LogP contribution in [-0.2, 0) is 9.53 Å². The molecule has 0 aliphatic heterocycles. The summed E-state index contributed by atoms with van der Waals surface area (Å²) >= 11 is 0. The molecule has 18 heavy (non-hydrogen) atoms. The second kappa shape index (κ2) is 7.74. The molecule has 0 aromatic rings. The van der Waals surface area contributed by atoms with E-state index in [4.69, 9.17) is 10.5 Å². The molecule has 0 spiro atoms. The molecule has 4 heteroatoms. The van der Waals surface area contributed by atoms with Gasteiger partial charge in [-0.25, -0.2) is 0 Å². The van der Waals surface area contributed by atoms with Crippen molar-refractivity contribution in [1.29, 1.82) is 0 Å². The van der Waals surface area contributed by atoms with Crippen molar-refractivity contribution in [3.05, 3.63) is 0 Å². The van der Waals surface area contributed by atoms with Crippen molar-refractivity contribution in [2.45, 2.75) is 58.0 Å². The molecular formula is C14H28N2O2. The normalized spacial score (nSPS) is 26.1. The Morgan fingerprint density at radius 3 is 2.72 bits per heavy atom. The van der Waals surface area contributed by atoms with Crippen molar-refractivity contribution >= 4 is 5.97 Å². The SMILES string of the molecule is CCOC(=O)CC(C)N(C)C1CCCCC1CN. The number of nitrogens with two attached hydrogens (primary N) is 1. The summed E-state index contributed by atoms with van der Waals surface area (Å²) in [7, 11) is 2.11. The van der Waals surface area contributed by atoms with Crippen LogP contribution in [0.1, 0.15) is 46.0 Å². The summed E-state index contributed by atoms with van der Waals surface area (Å²) in [6.07, 6.45) is 5.46. The van der Waals surface area contributed by atoms with E-state index in [1.165, 1.54) is 25.7 Å². The summed E-state index contributed by atoms with van der Waals surface area (Å²) in [5.41, 5.74) is 5.86. The van der Waals surface area contributed by atoms with Crippen LogP contribution in [0.15, 0.2) is 0 Å². The highest BCUT2D eigenvalue weighted by Crippen LogP contribution is 2.28. The summed E-state index contributed by atoms with van der Waals surface area (Å²) in [6, 6.07) is 0.745. The second-order valence-electron chi connectivity index (χ2n) is 5.37. The van der Waals surface area contributed by atoms with Gasteiger partial charge in [-0.2, -0.15) is 0 Å². The molecule has 106 valence electrons. The van der Waals surface area contributed by atoms with Gasteiger partial charge in [-0.05, 0) is 46.2 Å². The fourth-order valence-corrected chi connectivity index (χ4v) is 2.93. The van der Waals surface area contributed by atoms with Crippen LogP contribution in [-0.4, -0.2) is 43.2 Å². The molecule has 0 amide bonds. The van der Waals surface area contributed by atoms with Crippen LogP contribution < -0.4 is 5.73 Å². The molecule has 3 unspecified atom stereocenters. The summed E-state index contributed by atoms with van der Waals surface area (Å²) in [4.78, 5) is 13.8. The first-order valence-electron chi connectivity index (χ1n) is 7.17. The van der Waals surface area contributed by atoms with Crippen molar-refractivity contribution in [3.8, 4) is 0 Å². The van der Waals surface area contributed by atoms with E-state index < -0.39 is 0 Å². The Bertz CT molecular complexity index is 258. The molecule has 1 rings (SSSR count). The van der Waals surface area contributed by atoms with Crippen molar-refractivity contribution in [1.82, 2.24) is 4.90 Å². The number of carbonyl (C=O) groups is 1. The van der Waals surface area contributed by atoms with E-state index in [1.54, 1.807) is 0 Å². The zero-order chi connectivity index (χ0) is 13.5. The third-order valence-corrected chi connectivity index (χ3v) is 4.16. The van der Waals surface area contributed by atoms with E-state index in [0.29, 0.717) is 25.0 Å². The third-order valence-electron chi connectivity index (χ3n) is 4.16. The van der Waals surface area contributed by atoms with Crippen LogP contribution in [0.25, 0.3) is 0 Å². The standard InChI is InChI=1S/C14H28N2O2/c1-4-18-14(17)9-11(2)16(3)13-8-6-5-7-12(13)10-15/h11-13H,4-10,15H2,1-3H3. The number of ether oxygens (including phenoxy) is 1. The molecule has 1 aliphatic rings. The summed E-state index contributed by atoms with van der Waals surface area (Å²) in [5.74, 6) is 0.477. The van der Waals surface area contributed by atoms with E-state index in [9.17, 15) is 4.79 Å². The van der Waals surface area contributed by atoms with Gasteiger partial charge in [0, 0.05) is 12.1 Å². The van der Waals surface area contributed by atoms with Crippen LogP contribution in [0.2, 0.25) is 0 Å². The van der Waals surface area contributed by atoms with Crippen molar-refractivity contribution in [3.63, 3.8) is 0 Å². The summed E-state index contributed by atoms with van der Waals surface area (Å²) < 4.78 is 5.01. The molecule has 0 heterocycles. The average molecular weight is 256 g/mol. The lowest BCUT2D eigenvalue weighted by molar-refractivity contribution is -0.144. The molecule has 0 saturated heterocycles. The number of carbonyl (C=O) groups excluding carboxylic acids is 1. The Kier molecular flexibility index (Phi) is 6.65. The van der Waals surface area contributed by atoms with Crippen molar-refractivity contribution in [2.75, 3.05) is 20.2 Å². The third kappa shape index (κ3) is 4.25. The molecule has 0 aromatic heterocycles. The van der Waals surface area contributed by atoms with E-state index in [2.05, 4.69) is 18.9 Å². The largest absolute Gasteiger partial charge is 0.466 e. The van der Waals surface area contributed by atoms with Gasteiger partial charge in [-0.1, -0.05) is 12.8 Å². The maximum atomic E-state index is 11.5. The van der Waals surface area contributed by atoms with Crippen molar-refractivity contribution in [2.24, 2.45) is 11.7 Å². The lowest BCUT2D eigenvalue weighted by atomic mass is 9.83. The Morgan fingerprint density at radius 1 is 1.44 bits per heavy atom. The van der Waals surface area contributed by atoms with Gasteiger partial charge in [-0.15, -0.1) is 0 Å². The monoisotopic (exact) mass is 256 g/mol. The quantitative estimate of drug-likeness (QED) is 0.736. The zero-order valence-electron chi connectivity index (χ0n) is 12.0. The van der Waals surface area contributed by atoms with E-state index in [0.717, 1.165) is 6.54 Å². The number of esters is 1. The Morgan fingerprint density at radius 2 is 2.11 bits per heavy atom. The van der Waals surface area contributed by atoms with Crippen molar-refractivity contribution < 1.29 is 9.53 Å². The fraction of sp³-hybridized carbons (Fsp3) is 0.929. The highest BCUT2D eigenvalue weighted by molar-refractivity contribution is 5.70. The number of hydrogen-bond acceptors (Lipinski definition) is 4. The highest BCUT2D eigenvalue weighted by atomic mass is 16.5. The minimum atomic E-state index is -0.100. The molecule has 0 radical (unpaired) electrons. The van der Waals surface area contributed by atoms with Crippen LogP contribution >= 0.6 is 0 Å². The van der Waals surface area contributed by atoms with Crippen LogP contribution in [0.5, 0.6) is 0 Å². The minimum absolute atomic E-state index is 0.100. The maximum absolute atomic E-state index is 11.5. The Labute approximate surface area is 111 Å². The van der Waals surface area contributed by atoms with Gasteiger partial charge >= 0.3 is 5.97 Å². The molecular weight excluding hydrogens is 228 g/mol. The predicted octanol–water partition coefficient (Wildman–Crippen LogP) is 1.78. The van der Waals surface area contributed by atoms with Gasteiger partial charge < -0.3 is 10.5 Å². The van der Waals surface area contributed by atoms with E-state index >= 15 is 0 Å². The van der Waals surface area contributed by atoms with Gasteiger partial charge in [0.25, 0.3) is 0 Å². The van der Waals surface area contributed by atoms with Crippen LogP contribution in [0.4, 0.5) is 0 Å². The summed E-state index contributed by atoms with van der Waals surface area (Å²) in [6.45, 7) is 5.15. The first-order chi connectivity index (χ1) is 8.60. The molecule has 1 fully saturated rings. The molecule has 0 aromatic carbocycles. The highest BCUT2D eigenvalue weighted by Gasteiger charge is 2.30. The smallest absolute Gasteiger partial charge is 0.307 e. The number of rotatable bonds is 6. The molecule has 2 N–H and O–H groups in total. The summed E-state index contributed by atoms with van der Waals surface area (Å²) in [5, 5.41) is 0. The van der Waals surface area contributed by atoms with Gasteiger partial charge in [0.15, 0.2) is 0 Å². The topological polar surface area (TPSA) is 55.6 Å². The van der Waals surface area contributed by atoms with E-state index in [-0.39, 0.29) is 12.0 Å². The molecule has 0 bridgehead atoms. The number of nitrogens with zero attached hydrogens (tertiary/aromatic N) is 1. The minimum Gasteiger partial charge on any atom is -0.466 e. The maximum Gasteiger partial charge on any atom is 0.307 e. The van der Waals surface area contributed by atoms with Gasteiger partial charge in [0.05, 0.1) is 13.0 Å². The van der Waals surface area contributed by atoms with Gasteiger partial charge in [0.2, 0.25) is 0 Å². The van der Waals surface area contributed by atoms with E-state index in [1.807, 2.05) is 6.92 Å².